The summed E-state index contributed by atoms with van der Waals surface area (Å²) in [6.07, 6.45) is 3.61. The summed E-state index contributed by atoms with van der Waals surface area (Å²) in [4.78, 5) is 64.3. The zero-order valence-electron chi connectivity index (χ0n) is 12.8. The number of hydrogen-bond acceptors (Lipinski definition) is 7. The van der Waals surface area contributed by atoms with E-state index in [-0.39, 0.29) is 12.8 Å². The number of hydrogen-bond donors (Lipinski definition) is 0. The average Bonchev–Trinajstić information content (AvgIpc) is 3.13. The topological polar surface area (TPSA) is 101 Å². The summed E-state index contributed by atoms with van der Waals surface area (Å²) in [6.45, 7) is 2.80. The normalized spacial score (nSPS) is 19.3. The molecule has 1 unspecified atom stereocenters. The molecule has 8 heteroatoms. The lowest BCUT2D eigenvalue weighted by Gasteiger charge is -2.18. The minimum Gasteiger partial charge on any atom is -0.362 e. The predicted octanol–water partition coefficient (Wildman–Crippen LogP) is -0.0226. The summed E-state index contributed by atoms with van der Waals surface area (Å²) in [7, 11) is 0. The number of carbonyl (C=O) groups excluding carboxylic acids is 5. The molecule has 2 rings (SSSR count). The maximum absolute atomic E-state index is 12.1. The number of ketones is 1. The van der Waals surface area contributed by atoms with Crippen molar-refractivity contribution in [1.82, 2.24) is 9.96 Å². The quantitative estimate of drug-likeness (QED) is 0.500. The third-order valence-corrected chi connectivity index (χ3v) is 3.82. The van der Waals surface area contributed by atoms with Gasteiger partial charge in [0, 0.05) is 37.6 Å². The zero-order valence-corrected chi connectivity index (χ0v) is 12.8. The van der Waals surface area contributed by atoms with Crippen LogP contribution in [-0.2, 0) is 28.8 Å². The summed E-state index contributed by atoms with van der Waals surface area (Å²) < 4.78 is 0. The molecule has 1 atom stereocenters. The fourth-order valence-electron chi connectivity index (χ4n) is 2.48. The van der Waals surface area contributed by atoms with Crippen LogP contribution in [-0.4, -0.2) is 52.5 Å². The van der Waals surface area contributed by atoms with E-state index in [0.29, 0.717) is 18.0 Å². The van der Waals surface area contributed by atoms with Crippen molar-refractivity contribution in [3.8, 4) is 0 Å². The lowest BCUT2D eigenvalue weighted by molar-refractivity contribution is -0.188. The number of hydroxylamine groups is 2. The fraction of sp³-hybridized carbons (Fsp3) is 0.533. The molecule has 23 heavy (non-hydrogen) atoms. The van der Waals surface area contributed by atoms with Gasteiger partial charge in [-0.3, -0.25) is 19.2 Å². The number of imide groups is 3. The Morgan fingerprint density at radius 1 is 1.13 bits per heavy atom. The van der Waals surface area contributed by atoms with E-state index in [9.17, 15) is 24.0 Å². The number of Topliss-reactive ketones (excluding diaryl/α,β-unsaturated/α-hetero) is 1. The van der Waals surface area contributed by atoms with E-state index in [1.54, 1.807) is 6.92 Å². The second-order valence-electron chi connectivity index (χ2n) is 5.43. The molecule has 0 aromatic rings. The molecule has 0 saturated carbocycles. The molecule has 2 aliphatic rings. The Morgan fingerprint density at radius 2 is 1.70 bits per heavy atom. The average molecular weight is 322 g/mol. The minimum atomic E-state index is -1.01. The van der Waals surface area contributed by atoms with E-state index in [1.165, 1.54) is 5.06 Å². The Bertz CT molecular complexity index is 559. The second-order valence-corrected chi connectivity index (χ2v) is 5.43. The van der Waals surface area contributed by atoms with Crippen LogP contribution in [0.2, 0.25) is 0 Å². The Hall–Kier alpha value is -2.35. The highest BCUT2D eigenvalue weighted by Crippen LogP contribution is 2.16. The van der Waals surface area contributed by atoms with Crippen LogP contribution in [0.5, 0.6) is 0 Å². The van der Waals surface area contributed by atoms with Gasteiger partial charge in [0.25, 0.3) is 11.8 Å². The van der Waals surface area contributed by atoms with Crippen molar-refractivity contribution < 1.29 is 28.8 Å². The molecule has 0 aliphatic carbocycles. The third kappa shape index (κ3) is 3.89. The lowest BCUT2D eigenvalue weighted by Crippen LogP contribution is -2.39. The fourth-order valence-corrected chi connectivity index (χ4v) is 2.48. The van der Waals surface area contributed by atoms with Crippen LogP contribution in [0.4, 0.5) is 0 Å². The Kier molecular flexibility index (Phi) is 5.38. The molecule has 8 nitrogen and oxygen atoms in total. The van der Waals surface area contributed by atoms with Crippen LogP contribution in [0, 0.1) is 5.92 Å². The largest absolute Gasteiger partial charge is 0.393 e. The first kappa shape index (κ1) is 17.0. The first-order valence-electron chi connectivity index (χ1n) is 7.54. The van der Waals surface area contributed by atoms with Crippen molar-refractivity contribution >= 4 is 29.5 Å². The van der Waals surface area contributed by atoms with Crippen LogP contribution in [0.15, 0.2) is 12.2 Å². The molecular formula is C15H18N2O6. The van der Waals surface area contributed by atoms with Gasteiger partial charge >= 0.3 is 5.97 Å². The minimum absolute atomic E-state index is 0.226. The molecule has 2 aliphatic heterocycles. The van der Waals surface area contributed by atoms with Crippen molar-refractivity contribution in [3.63, 3.8) is 0 Å². The van der Waals surface area contributed by atoms with E-state index >= 15 is 0 Å². The van der Waals surface area contributed by atoms with Crippen molar-refractivity contribution in [2.45, 2.75) is 32.6 Å². The van der Waals surface area contributed by atoms with Gasteiger partial charge in [-0.15, -0.1) is 5.06 Å². The van der Waals surface area contributed by atoms with Crippen LogP contribution in [0.25, 0.3) is 0 Å². The molecule has 0 aromatic heterocycles. The summed E-state index contributed by atoms with van der Waals surface area (Å²) >= 11 is 0. The standard InChI is InChI=1S/C15H18N2O6/c1-2-10(9-13(20)17-11(18)5-6-12(17)19)14(21)15(22)23-16-7-3-4-8-16/h5-6,10H,2-4,7-9H2,1H3. The van der Waals surface area contributed by atoms with Gasteiger partial charge in [-0.2, -0.15) is 0 Å². The first-order valence-corrected chi connectivity index (χ1v) is 7.54. The molecule has 2 heterocycles. The summed E-state index contributed by atoms with van der Waals surface area (Å²) in [6, 6.07) is 0. The van der Waals surface area contributed by atoms with E-state index < -0.39 is 35.4 Å². The highest BCUT2D eigenvalue weighted by atomic mass is 16.7. The Balaban J connectivity index is 1.94. The summed E-state index contributed by atoms with van der Waals surface area (Å²) in [5.41, 5.74) is 0. The molecule has 124 valence electrons. The van der Waals surface area contributed by atoms with E-state index in [1.807, 2.05) is 0 Å². The number of nitrogens with zero attached hydrogens (tertiary/aromatic N) is 2. The van der Waals surface area contributed by atoms with Crippen molar-refractivity contribution in [1.29, 1.82) is 0 Å². The van der Waals surface area contributed by atoms with Gasteiger partial charge in [0.2, 0.25) is 11.7 Å². The molecule has 0 radical (unpaired) electrons. The monoisotopic (exact) mass is 322 g/mol. The Morgan fingerprint density at radius 3 is 2.22 bits per heavy atom. The first-order chi connectivity index (χ1) is 10.9. The van der Waals surface area contributed by atoms with E-state index in [0.717, 1.165) is 25.0 Å². The molecule has 0 spiro atoms. The van der Waals surface area contributed by atoms with E-state index in [2.05, 4.69) is 0 Å². The van der Waals surface area contributed by atoms with E-state index in [4.69, 9.17) is 4.84 Å². The van der Waals surface area contributed by atoms with Crippen molar-refractivity contribution in [2.75, 3.05) is 13.1 Å². The summed E-state index contributed by atoms with van der Waals surface area (Å²) in [5.74, 6) is -5.01. The van der Waals surface area contributed by atoms with Gasteiger partial charge in [-0.25, -0.2) is 9.69 Å². The van der Waals surface area contributed by atoms with Gasteiger partial charge in [0.05, 0.1) is 0 Å². The van der Waals surface area contributed by atoms with Gasteiger partial charge < -0.3 is 4.84 Å². The van der Waals surface area contributed by atoms with Gasteiger partial charge in [0.1, 0.15) is 0 Å². The SMILES string of the molecule is CCC(CC(=O)N1C(=O)C=CC1=O)C(=O)C(=O)ON1CCCC1. The second kappa shape index (κ2) is 7.28. The zero-order chi connectivity index (χ0) is 17.0. The number of rotatable bonds is 6. The number of carbonyl (C=O) groups is 5. The molecular weight excluding hydrogens is 304 g/mol. The van der Waals surface area contributed by atoms with Crippen molar-refractivity contribution in [2.24, 2.45) is 5.92 Å². The molecule has 1 fully saturated rings. The third-order valence-electron chi connectivity index (χ3n) is 3.82. The lowest BCUT2D eigenvalue weighted by atomic mass is 9.96. The van der Waals surface area contributed by atoms with Crippen LogP contribution >= 0.6 is 0 Å². The maximum Gasteiger partial charge on any atom is 0.393 e. The summed E-state index contributed by atoms with van der Waals surface area (Å²) in [5, 5.41) is 1.42. The molecule has 1 saturated heterocycles. The van der Waals surface area contributed by atoms with Gasteiger partial charge in [-0.1, -0.05) is 6.92 Å². The Labute approximate surface area is 133 Å². The molecule has 0 aromatic carbocycles. The van der Waals surface area contributed by atoms with Crippen LogP contribution in [0.1, 0.15) is 32.6 Å². The predicted molar refractivity (Wildman–Crippen MR) is 76.3 cm³/mol. The van der Waals surface area contributed by atoms with Crippen LogP contribution < -0.4 is 0 Å². The molecule has 0 N–H and O–H groups in total. The molecule has 3 amide bonds. The van der Waals surface area contributed by atoms with Gasteiger partial charge in [0.15, 0.2) is 0 Å². The van der Waals surface area contributed by atoms with Crippen LogP contribution in [0.3, 0.4) is 0 Å². The maximum atomic E-state index is 12.1. The highest BCUT2D eigenvalue weighted by molar-refractivity contribution is 6.35. The number of amides is 3. The van der Waals surface area contributed by atoms with Crippen molar-refractivity contribution in [3.05, 3.63) is 12.2 Å². The smallest absolute Gasteiger partial charge is 0.362 e. The molecule has 0 bridgehead atoms. The van der Waals surface area contributed by atoms with Gasteiger partial charge in [-0.05, 0) is 19.3 Å². The highest BCUT2D eigenvalue weighted by Gasteiger charge is 2.35.